The van der Waals surface area contributed by atoms with Crippen molar-refractivity contribution in [2.75, 3.05) is 40.5 Å². The predicted molar refractivity (Wildman–Crippen MR) is 72.7 cm³/mol. The molecule has 1 unspecified atom stereocenters. The van der Waals surface area contributed by atoms with E-state index >= 15 is 0 Å². The van der Waals surface area contributed by atoms with Gasteiger partial charge in [0.15, 0.2) is 0 Å². The van der Waals surface area contributed by atoms with Crippen LogP contribution in [0.2, 0.25) is 0 Å². The quantitative estimate of drug-likeness (QED) is 0.718. The lowest BCUT2D eigenvalue weighted by atomic mass is 10.3. The molecule has 20 heavy (non-hydrogen) atoms. The molecule has 1 saturated heterocycles. The summed E-state index contributed by atoms with van der Waals surface area (Å²) in [7, 11) is -0.471. The molecule has 0 bridgehead atoms. The Labute approximate surface area is 119 Å². The Hall–Kier alpha value is -0.700. The summed E-state index contributed by atoms with van der Waals surface area (Å²) in [6.07, 6.45) is -0.136. The van der Waals surface area contributed by atoms with Gasteiger partial charge in [-0.3, -0.25) is 4.79 Å². The molecule has 116 valence electrons. The Balaban J connectivity index is 2.16. The van der Waals surface area contributed by atoms with Gasteiger partial charge in [0.25, 0.3) is 0 Å². The molecule has 0 aromatic carbocycles. The number of carbonyl (C=O) groups excluding carboxylic acids is 1. The largest absolute Gasteiger partial charge is 0.383 e. The van der Waals surface area contributed by atoms with Gasteiger partial charge in [0.05, 0.1) is 13.2 Å². The molecule has 2 rings (SSSR count). The third-order valence-electron chi connectivity index (χ3n) is 4.20. The summed E-state index contributed by atoms with van der Waals surface area (Å²) in [5.41, 5.74) is 0. The average molecular weight is 306 g/mol. The highest BCUT2D eigenvalue weighted by molar-refractivity contribution is 7.90. The van der Waals surface area contributed by atoms with Gasteiger partial charge in [0, 0.05) is 27.2 Å². The SMILES string of the molecule is CNC(=O)C1CN(S(=O)(=O)[C@@]2(COC)C[C@@H]2C)CCO1. The molecule has 8 heteroatoms. The summed E-state index contributed by atoms with van der Waals surface area (Å²) in [5, 5.41) is 2.48. The van der Waals surface area contributed by atoms with Crippen LogP contribution in [-0.2, 0) is 24.3 Å². The van der Waals surface area contributed by atoms with Crippen LogP contribution in [0.15, 0.2) is 0 Å². The Morgan fingerprint density at radius 1 is 1.55 bits per heavy atom. The van der Waals surface area contributed by atoms with Crippen LogP contribution in [-0.4, -0.2) is 69.9 Å². The molecule has 0 aromatic heterocycles. The van der Waals surface area contributed by atoms with Crippen LogP contribution in [0.3, 0.4) is 0 Å². The lowest BCUT2D eigenvalue weighted by Gasteiger charge is -2.34. The van der Waals surface area contributed by atoms with Gasteiger partial charge in [-0.15, -0.1) is 0 Å². The second kappa shape index (κ2) is 5.59. The molecule has 1 saturated carbocycles. The topological polar surface area (TPSA) is 84.9 Å². The number of amides is 1. The molecule has 1 N–H and O–H groups in total. The second-order valence-electron chi connectivity index (χ2n) is 5.44. The van der Waals surface area contributed by atoms with Crippen molar-refractivity contribution in [3.05, 3.63) is 0 Å². The molecule has 0 spiro atoms. The minimum atomic E-state index is -3.49. The first-order chi connectivity index (χ1) is 9.39. The van der Waals surface area contributed by atoms with Gasteiger partial charge in [0.1, 0.15) is 10.9 Å². The average Bonchev–Trinajstić information content (AvgIpc) is 3.10. The van der Waals surface area contributed by atoms with Gasteiger partial charge < -0.3 is 14.8 Å². The fourth-order valence-corrected chi connectivity index (χ4v) is 5.16. The maximum atomic E-state index is 12.8. The van der Waals surface area contributed by atoms with Crippen molar-refractivity contribution in [1.82, 2.24) is 9.62 Å². The number of hydrogen-bond donors (Lipinski definition) is 1. The molecule has 1 aliphatic carbocycles. The van der Waals surface area contributed by atoms with Gasteiger partial charge in [0.2, 0.25) is 15.9 Å². The summed E-state index contributed by atoms with van der Waals surface area (Å²) in [4.78, 5) is 11.6. The second-order valence-corrected chi connectivity index (χ2v) is 7.72. The highest BCUT2D eigenvalue weighted by atomic mass is 32.2. The molecule has 0 radical (unpaired) electrons. The lowest BCUT2D eigenvalue weighted by Crippen LogP contribution is -2.54. The van der Waals surface area contributed by atoms with E-state index in [0.29, 0.717) is 6.42 Å². The minimum absolute atomic E-state index is 0.0696. The monoisotopic (exact) mass is 306 g/mol. The number of nitrogens with zero attached hydrogens (tertiary/aromatic N) is 1. The third-order valence-corrected chi connectivity index (χ3v) is 6.93. The summed E-state index contributed by atoms with van der Waals surface area (Å²) in [6.45, 7) is 2.69. The van der Waals surface area contributed by atoms with E-state index in [1.807, 2.05) is 6.92 Å². The number of morpholine rings is 1. The van der Waals surface area contributed by atoms with Crippen LogP contribution in [0, 0.1) is 5.92 Å². The lowest BCUT2D eigenvalue weighted by molar-refractivity contribution is -0.135. The smallest absolute Gasteiger partial charge is 0.250 e. The van der Waals surface area contributed by atoms with Crippen LogP contribution >= 0.6 is 0 Å². The Morgan fingerprint density at radius 3 is 2.70 bits per heavy atom. The number of methoxy groups -OCH3 is 1. The summed E-state index contributed by atoms with van der Waals surface area (Å²) in [6, 6.07) is 0. The fraction of sp³-hybridized carbons (Fsp3) is 0.917. The summed E-state index contributed by atoms with van der Waals surface area (Å²) < 4.78 is 36.5. The van der Waals surface area contributed by atoms with Gasteiger partial charge in [-0.2, -0.15) is 4.31 Å². The number of likely N-dealkylation sites (N-methyl/N-ethyl adjacent to an activating group) is 1. The van der Waals surface area contributed by atoms with E-state index in [1.165, 1.54) is 18.5 Å². The van der Waals surface area contributed by atoms with Gasteiger partial charge in [-0.05, 0) is 12.3 Å². The van der Waals surface area contributed by atoms with E-state index in [4.69, 9.17) is 9.47 Å². The van der Waals surface area contributed by atoms with Crippen LogP contribution in [0.5, 0.6) is 0 Å². The molecule has 7 nitrogen and oxygen atoms in total. The third kappa shape index (κ3) is 2.45. The molecular formula is C12H22N2O5S. The van der Waals surface area contributed by atoms with Crippen molar-refractivity contribution < 1.29 is 22.7 Å². The van der Waals surface area contributed by atoms with E-state index in [0.717, 1.165) is 0 Å². The molecule has 2 aliphatic rings. The number of carbonyl (C=O) groups is 1. The van der Waals surface area contributed by atoms with Crippen LogP contribution in [0.4, 0.5) is 0 Å². The molecule has 2 fully saturated rings. The Kier molecular flexibility index (Phi) is 4.38. The maximum Gasteiger partial charge on any atom is 0.250 e. The number of rotatable bonds is 5. The normalized spacial score (nSPS) is 34.8. The highest BCUT2D eigenvalue weighted by Gasteiger charge is 2.63. The van der Waals surface area contributed by atoms with E-state index in [1.54, 1.807) is 0 Å². The van der Waals surface area contributed by atoms with E-state index in [-0.39, 0.29) is 38.1 Å². The zero-order chi connectivity index (χ0) is 15.0. The van der Waals surface area contributed by atoms with E-state index < -0.39 is 20.9 Å². The number of hydrogen-bond acceptors (Lipinski definition) is 5. The van der Waals surface area contributed by atoms with Crippen molar-refractivity contribution in [3.63, 3.8) is 0 Å². The van der Waals surface area contributed by atoms with Crippen LogP contribution in [0.1, 0.15) is 13.3 Å². The number of ether oxygens (including phenoxy) is 2. The van der Waals surface area contributed by atoms with Crippen molar-refractivity contribution >= 4 is 15.9 Å². The summed E-state index contributed by atoms with van der Waals surface area (Å²) >= 11 is 0. The molecular weight excluding hydrogens is 284 g/mol. The number of sulfonamides is 1. The minimum Gasteiger partial charge on any atom is -0.383 e. The maximum absolute atomic E-state index is 12.8. The van der Waals surface area contributed by atoms with Gasteiger partial charge in [-0.1, -0.05) is 6.92 Å². The van der Waals surface area contributed by atoms with Crippen molar-refractivity contribution in [3.8, 4) is 0 Å². The van der Waals surface area contributed by atoms with E-state index in [2.05, 4.69) is 5.32 Å². The van der Waals surface area contributed by atoms with Gasteiger partial charge >= 0.3 is 0 Å². The number of nitrogens with one attached hydrogen (secondary N) is 1. The highest BCUT2D eigenvalue weighted by Crippen LogP contribution is 2.51. The first-order valence-corrected chi connectivity index (χ1v) is 8.15. The standard InChI is InChI=1S/C12H22N2O5S/c1-9-6-12(9,8-18-3)20(16,17)14-4-5-19-10(7-14)11(15)13-2/h9-10H,4-8H2,1-3H3,(H,13,15)/t9-,10?,12+/m0/s1. The van der Waals surface area contributed by atoms with Crippen LogP contribution in [0.25, 0.3) is 0 Å². The first kappa shape index (κ1) is 15.7. The molecule has 1 aliphatic heterocycles. The van der Waals surface area contributed by atoms with Crippen LogP contribution < -0.4 is 5.32 Å². The van der Waals surface area contributed by atoms with Gasteiger partial charge in [-0.25, -0.2) is 8.42 Å². The first-order valence-electron chi connectivity index (χ1n) is 6.71. The zero-order valence-electron chi connectivity index (χ0n) is 12.1. The fourth-order valence-electron chi connectivity index (χ4n) is 2.76. The Morgan fingerprint density at radius 2 is 2.20 bits per heavy atom. The summed E-state index contributed by atoms with van der Waals surface area (Å²) in [5.74, 6) is -0.219. The van der Waals surface area contributed by atoms with E-state index in [9.17, 15) is 13.2 Å². The van der Waals surface area contributed by atoms with Crippen molar-refractivity contribution in [2.24, 2.45) is 5.92 Å². The molecule has 3 atom stereocenters. The van der Waals surface area contributed by atoms with Crippen molar-refractivity contribution in [1.29, 1.82) is 0 Å². The molecule has 1 heterocycles. The van der Waals surface area contributed by atoms with Crippen molar-refractivity contribution in [2.45, 2.75) is 24.2 Å². The predicted octanol–water partition coefficient (Wildman–Crippen LogP) is -0.812. The molecule has 0 aromatic rings. The Bertz CT molecular complexity index is 480. The zero-order valence-corrected chi connectivity index (χ0v) is 12.9. The molecule has 1 amide bonds.